The summed E-state index contributed by atoms with van der Waals surface area (Å²) in [6.07, 6.45) is 4.48. The fourth-order valence-corrected chi connectivity index (χ4v) is 4.42. The van der Waals surface area contributed by atoms with Crippen LogP contribution in [0, 0.1) is 5.92 Å². The molecule has 1 saturated heterocycles. The van der Waals surface area contributed by atoms with Crippen molar-refractivity contribution in [1.82, 2.24) is 9.03 Å². The zero-order valence-corrected chi connectivity index (χ0v) is 12.0. The fourth-order valence-electron chi connectivity index (χ4n) is 2.68. The van der Waals surface area contributed by atoms with E-state index in [2.05, 4.69) is 4.72 Å². The van der Waals surface area contributed by atoms with Crippen LogP contribution < -0.4 is 4.72 Å². The fraction of sp³-hybridized carbons (Fsp3) is 0.917. The van der Waals surface area contributed by atoms with Crippen molar-refractivity contribution >= 4 is 16.2 Å². The lowest BCUT2D eigenvalue weighted by atomic mass is 10.1. The summed E-state index contributed by atoms with van der Waals surface area (Å²) in [5.41, 5.74) is 0. The van der Waals surface area contributed by atoms with E-state index in [0.717, 1.165) is 32.1 Å². The molecule has 110 valence electrons. The average Bonchev–Trinajstić information content (AvgIpc) is 3.11. The minimum Gasteiger partial charge on any atom is -0.481 e. The van der Waals surface area contributed by atoms with E-state index < -0.39 is 22.2 Å². The summed E-state index contributed by atoms with van der Waals surface area (Å²) in [7, 11) is -3.56. The van der Waals surface area contributed by atoms with Gasteiger partial charge in [-0.25, -0.2) is 0 Å². The molecule has 0 bridgehead atoms. The molecule has 2 unspecified atom stereocenters. The zero-order chi connectivity index (χ0) is 14.0. The third kappa shape index (κ3) is 3.90. The first-order valence-electron chi connectivity index (χ1n) is 6.91. The Morgan fingerprint density at radius 2 is 2.05 bits per heavy atom. The van der Waals surface area contributed by atoms with E-state index in [1.807, 2.05) is 6.92 Å². The normalized spacial score (nSPS) is 27.1. The Morgan fingerprint density at radius 3 is 2.58 bits per heavy atom. The van der Waals surface area contributed by atoms with Crippen molar-refractivity contribution in [3.8, 4) is 0 Å². The largest absolute Gasteiger partial charge is 0.481 e. The van der Waals surface area contributed by atoms with Gasteiger partial charge in [0, 0.05) is 18.6 Å². The molecule has 2 N–H and O–H groups in total. The predicted octanol–water partition coefficient (Wildman–Crippen LogP) is 0.949. The van der Waals surface area contributed by atoms with Crippen LogP contribution in [0.5, 0.6) is 0 Å². The van der Waals surface area contributed by atoms with Crippen molar-refractivity contribution < 1.29 is 18.3 Å². The van der Waals surface area contributed by atoms with Crippen LogP contribution in [0.4, 0.5) is 0 Å². The molecule has 2 aliphatic rings. The number of nitrogens with zero attached hydrogens (tertiary/aromatic N) is 1. The molecule has 2 rings (SSSR count). The van der Waals surface area contributed by atoms with Gasteiger partial charge in [0.1, 0.15) is 0 Å². The predicted molar refractivity (Wildman–Crippen MR) is 70.8 cm³/mol. The topological polar surface area (TPSA) is 86.7 Å². The molecule has 2 fully saturated rings. The number of nitrogens with one attached hydrogen (secondary N) is 1. The van der Waals surface area contributed by atoms with E-state index in [4.69, 9.17) is 5.11 Å². The third-order valence-electron chi connectivity index (χ3n) is 3.94. The van der Waals surface area contributed by atoms with Crippen molar-refractivity contribution in [2.24, 2.45) is 5.92 Å². The molecule has 1 saturated carbocycles. The highest BCUT2D eigenvalue weighted by molar-refractivity contribution is 7.87. The van der Waals surface area contributed by atoms with Crippen molar-refractivity contribution in [3.05, 3.63) is 0 Å². The summed E-state index contributed by atoms with van der Waals surface area (Å²) in [4.78, 5) is 10.8. The Balaban J connectivity index is 2.03. The molecule has 6 nitrogen and oxygen atoms in total. The summed E-state index contributed by atoms with van der Waals surface area (Å²) >= 11 is 0. The number of carbonyl (C=O) groups is 1. The summed E-state index contributed by atoms with van der Waals surface area (Å²) in [6.45, 7) is 2.43. The van der Waals surface area contributed by atoms with E-state index in [0.29, 0.717) is 6.54 Å². The summed E-state index contributed by atoms with van der Waals surface area (Å²) in [5, 5.41) is 8.87. The summed E-state index contributed by atoms with van der Waals surface area (Å²) in [5.74, 6) is -0.766. The average molecular weight is 290 g/mol. The highest BCUT2D eigenvalue weighted by Gasteiger charge is 2.38. The molecule has 7 heteroatoms. The van der Waals surface area contributed by atoms with E-state index in [1.165, 1.54) is 4.31 Å². The Hall–Kier alpha value is -0.660. The maximum Gasteiger partial charge on any atom is 0.304 e. The number of piperidine rings is 1. The van der Waals surface area contributed by atoms with Gasteiger partial charge in [-0.3, -0.25) is 4.79 Å². The molecule has 1 heterocycles. The van der Waals surface area contributed by atoms with Gasteiger partial charge in [0.15, 0.2) is 0 Å². The Labute approximate surface area is 114 Å². The molecule has 0 aromatic rings. The lowest BCUT2D eigenvalue weighted by Gasteiger charge is -2.33. The minimum absolute atomic E-state index is 0.00377. The van der Waals surface area contributed by atoms with E-state index in [1.54, 1.807) is 0 Å². The van der Waals surface area contributed by atoms with Crippen LogP contribution in [0.3, 0.4) is 0 Å². The number of carboxylic acids is 1. The van der Waals surface area contributed by atoms with E-state index >= 15 is 0 Å². The van der Waals surface area contributed by atoms with E-state index in [9.17, 15) is 13.2 Å². The first-order valence-corrected chi connectivity index (χ1v) is 8.35. The van der Waals surface area contributed by atoms with Gasteiger partial charge >= 0.3 is 5.97 Å². The third-order valence-corrected chi connectivity index (χ3v) is 5.70. The molecule has 1 aliphatic carbocycles. The van der Waals surface area contributed by atoms with Crippen molar-refractivity contribution in [3.63, 3.8) is 0 Å². The second-order valence-corrected chi connectivity index (χ2v) is 7.28. The van der Waals surface area contributed by atoms with Gasteiger partial charge < -0.3 is 5.11 Å². The molecule has 0 aromatic carbocycles. The van der Waals surface area contributed by atoms with Gasteiger partial charge in [0.25, 0.3) is 10.2 Å². The van der Waals surface area contributed by atoms with Crippen LogP contribution >= 0.6 is 0 Å². The Kier molecular flexibility index (Phi) is 4.47. The first kappa shape index (κ1) is 14.7. The van der Waals surface area contributed by atoms with Crippen LogP contribution in [-0.4, -0.2) is 42.4 Å². The molecule has 0 amide bonds. The number of hydrogen-bond acceptors (Lipinski definition) is 3. The molecule has 19 heavy (non-hydrogen) atoms. The molecular formula is C12H22N2O4S. The highest BCUT2D eigenvalue weighted by atomic mass is 32.2. The van der Waals surface area contributed by atoms with E-state index in [-0.39, 0.29) is 18.4 Å². The number of rotatable bonds is 6. The van der Waals surface area contributed by atoms with Gasteiger partial charge in [0.05, 0.1) is 6.42 Å². The Morgan fingerprint density at radius 1 is 1.37 bits per heavy atom. The van der Waals surface area contributed by atoms with Crippen molar-refractivity contribution in [2.45, 2.75) is 57.5 Å². The summed E-state index contributed by atoms with van der Waals surface area (Å²) < 4.78 is 28.8. The second-order valence-electron chi connectivity index (χ2n) is 5.62. The van der Waals surface area contributed by atoms with Gasteiger partial charge in [-0.1, -0.05) is 6.42 Å². The van der Waals surface area contributed by atoms with Crippen LogP contribution in [-0.2, 0) is 15.0 Å². The Bertz CT molecular complexity index is 433. The van der Waals surface area contributed by atoms with Gasteiger partial charge in [-0.15, -0.1) is 0 Å². The highest BCUT2D eigenvalue weighted by Crippen LogP contribution is 2.34. The number of hydrogen-bond donors (Lipinski definition) is 2. The maximum atomic E-state index is 12.3. The number of aliphatic carboxylic acids is 1. The standard InChI is InChI=1S/C12H22N2O4S/c1-9-4-2-3-7-14(9)19(17,18)13-11(8-12(15)16)10-5-6-10/h9-11,13H,2-8H2,1H3,(H,15,16). The minimum atomic E-state index is -3.56. The maximum absolute atomic E-state index is 12.3. The second kappa shape index (κ2) is 5.76. The molecule has 0 spiro atoms. The molecule has 1 aliphatic heterocycles. The number of carboxylic acid groups (broad SMARTS) is 1. The lowest BCUT2D eigenvalue weighted by Crippen LogP contribution is -2.51. The smallest absolute Gasteiger partial charge is 0.304 e. The molecular weight excluding hydrogens is 268 g/mol. The SMILES string of the molecule is CC1CCCCN1S(=O)(=O)NC(CC(=O)O)C1CC1. The molecule has 0 radical (unpaired) electrons. The summed E-state index contributed by atoms with van der Waals surface area (Å²) in [6, 6.07) is -0.465. The monoisotopic (exact) mass is 290 g/mol. The van der Waals surface area contributed by atoms with Crippen LogP contribution in [0.15, 0.2) is 0 Å². The van der Waals surface area contributed by atoms with Crippen LogP contribution in [0.2, 0.25) is 0 Å². The van der Waals surface area contributed by atoms with Crippen LogP contribution in [0.25, 0.3) is 0 Å². The molecule has 2 atom stereocenters. The molecule has 0 aromatic heterocycles. The van der Waals surface area contributed by atoms with Gasteiger partial charge in [0.2, 0.25) is 0 Å². The van der Waals surface area contributed by atoms with Gasteiger partial charge in [-0.05, 0) is 38.5 Å². The van der Waals surface area contributed by atoms with Gasteiger partial charge in [-0.2, -0.15) is 17.4 Å². The zero-order valence-electron chi connectivity index (χ0n) is 11.2. The lowest BCUT2D eigenvalue weighted by molar-refractivity contribution is -0.137. The first-order chi connectivity index (χ1) is 8.90. The quantitative estimate of drug-likeness (QED) is 0.762. The van der Waals surface area contributed by atoms with Crippen molar-refractivity contribution in [1.29, 1.82) is 0 Å². The van der Waals surface area contributed by atoms with Crippen LogP contribution in [0.1, 0.15) is 45.4 Å². The van der Waals surface area contributed by atoms with Crippen molar-refractivity contribution in [2.75, 3.05) is 6.54 Å².